The largest absolute Gasteiger partial charge is 0.416 e. The molecule has 0 radical (unpaired) electrons. The zero-order chi connectivity index (χ0) is 22.6. The second-order valence-corrected chi connectivity index (χ2v) is 8.14. The van der Waals surface area contributed by atoms with Gasteiger partial charge in [-0.15, -0.1) is 0 Å². The van der Waals surface area contributed by atoms with Gasteiger partial charge in [0, 0.05) is 49.2 Å². The van der Waals surface area contributed by atoms with Gasteiger partial charge < -0.3 is 4.90 Å². The van der Waals surface area contributed by atoms with E-state index in [-0.39, 0.29) is 11.8 Å². The molecule has 0 bridgehead atoms. The van der Waals surface area contributed by atoms with Crippen LogP contribution in [0.3, 0.4) is 0 Å². The maximum absolute atomic E-state index is 12.8. The number of alkyl halides is 3. The summed E-state index contributed by atoms with van der Waals surface area (Å²) in [5.41, 5.74) is 2.81. The highest BCUT2D eigenvalue weighted by Gasteiger charge is 2.30. The lowest BCUT2D eigenvalue weighted by molar-refractivity contribution is -0.137. The smallest absolute Gasteiger partial charge is 0.342 e. The van der Waals surface area contributed by atoms with E-state index in [1.165, 1.54) is 12.1 Å². The summed E-state index contributed by atoms with van der Waals surface area (Å²) in [6.07, 6.45) is 1.73. The van der Waals surface area contributed by atoms with E-state index in [2.05, 4.69) is 4.98 Å². The molecule has 1 amide bonds. The number of carbonyl (C=O) groups is 1. The number of carbonyl (C=O) groups excluding carboxylic acids is 1. The molecular weight excluding hydrogens is 415 g/mol. The van der Waals surface area contributed by atoms with Gasteiger partial charge in [-0.2, -0.15) is 13.2 Å². The van der Waals surface area contributed by atoms with Crippen molar-refractivity contribution in [3.05, 3.63) is 95.1 Å². The van der Waals surface area contributed by atoms with Crippen LogP contribution in [0.4, 0.5) is 13.2 Å². The first-order chi connectivity index (χ1) is 15.4. The summed E-state index contributed by atoms with van der Waals surface area (Å²) in [5.74, 6) is 0.250. The molecule has 0 spiro atoms. The molecule has 2 aromatic heterocycles. The van der Waals surface area contributed by atoms with Gasteiger partial charge in [-0.3, -0.25) is 14.8 Å². The van der Waals surface area contributed by atoms with Crippen molar-refractivity contribution in [2.24, 2.45) is 0 Å². The summed E-state index contributed by atoms with van der Waals surface area (Å²) >= 11 is 0. The number of hydrogen-bond donors (Lipinski definition) is 0. The third kappa shape index (κ3) is 5.52. The maximum Gasteiger partial charge on any atom is 0.416 e. The molecule has 4 nitrogen and oxygen atoms in total. The molecule has 1 unspecified atom stereocenters. The fraction of sp³-hybridized carbons (Fsp3) is 0.320. The highest BCUT2D eigenvalue weighted by atomic mass is 19.4. The summed E-state index contributed by atoms with van der Waals surface area (Å²) in [6.45, 7) is 1.37. The van der Waals surface area contributed by atoms with Gasteiger partial charge in [-0.1, -0.05) is 18.2 Å². The molecule has 32 heavy (non-hydrogen) atoms. The third-order valence-corrected chi connectivity index (χ3v) is 5.79. The van der Waals surface area contributed by atoms with Crippen molar-refractivity contribution in [2.75, 3.05) is 13.1 Å². The summed E-state index contributed by atoms with van der Waals surface area (Å²) in [6, 6.07) is 14.7. The molecule has 166 valence electrons. The van der Waals surface area contributed by atoms with Crippen LogP contribution in [0.15, 0.2) is 67.0 Å². The molecule has 7 heteroatoms. The van der Waals surface area contributed by atoms with E-state index in [4.69, 9.17) is 4.98 Å². The number of halogens is 3. The van der Waals surface area contributed by atoms with Gasteiger partial charge in [0.2, 0.25) is 5.91 Å². The Bertz CT molecular complexity index is 1050. The summed E-state index contributed by atoms with van der Waals surface area (Å²) < 4.78 is 38.3. The number of amides is 1. The molecule has 4 rings (SSSR count). The number of nitrogens with zero attached hydrogens (tertiary/aromatic N) is 3. The summed E-state index contributed by atoms with van der Waals surface area (Å²) in [7, 11) is 0. The molecule has 1 fully saturated rings. The van der Waals surface area contributed by atoms with E-state index in [0.717, 1.165) is 54.0 Å². The Morgan fingerprint density at radius 2 is 1.75 bits per heavy atom. The number of piperidine rings is 1. The Balaban J connectivity index is 1.41. The molecule has 1 atom stereocenters. The minimum atomic E-state index is -4.33. The van der Waals surface area contributed by atoms with Gasteiger partial charge in [0.15, 0.2) is 0 Å². The Labute approximate surface area is 185 Å². The Kier molecular flexibility index (Phi) is 6.53. The van der Waals surface area contributed by atoms with Crippen LogP contribution in [0.25, 0.3) is 0 Å². The number of likely N-dealkylation sites (tertiary alicyclic amines) is 1. The van der Waals surface area contributed by atoms with Crippen molar-refractivity contribution < 1.29 is 18.0 Å². The molecule has 1 saturated heterocycles. The van der Waals surface area contributed by atoms with Crippen LogP contribution >= 0.6 is 0 Å². The molecule has 0 aliphatic carbocycles. The molecule has 0 saturated carbocycles. The van der Waals surface area contributed by atoms with Crippen molar-refractivity contribution in [1.29, 1.82) is 0 Å². The van der Waals surface area contributed by atoms with E-state index < -0.39 is 11.7 Å². The number of hydrogen-bond acceptors (Lipinski definition) is 3. The molecule has 1 aromatic carbocycles. The SMILES string of the molecule is O=C(Cc1ccncc1)N1CCCC(c2cccc(Cc3ccc(C(F)(F)F)cc3)n2)C1. The average Bonchev–Trinajstić information content (AvgIpc) is 2.80. The first-order valence-electron chi connectivity index (χ1n) is 10.7. The fourth-order valence-corrected chi connectivity index (χ4v) is 4.08. The molecule has 0 N–H and O–H groups in total. The van der Waals surface area contributed by atoms with Gasteiger partial charge in [0.1, 0.15) is 0 Å². The van der Waals surface area contributed by atoms with Crippen LogP contribution < -0.4 is 0 Å². The third-order valence-electron chi connectivity index (χ3n) is 5.79. The highest BCUT2D eigenvalue weighted by Crippen LogP contribution is 2.30. The molecular formula is C25H24F3N3O. The standard InChI is InChI=1S/C25H24F3N3O/c26-25(27,28)21-8-6-18(7-9-21)15-22-4-1-5-23(30-22)20-3-2-14-31(17-20)24(32)16-19-10-12-29-13-11-19/h1,4-13,20H,2-3,14-17H2. The molecule has 3 heterocycles. The maximum atomic E-state index is 12.8. The second kappa shape index (κ2) is 9.51. The van der Waals surface area contributed by atoms with Gasteiger partial charge in [-0.05, 0) is 60.4 Å². The first-order valence-corrected chi connectivity index (χ1v) is 10.7. The van der Waals surface area contributed by atoms with Gasteiger partial charge >= 0.3 is 6.18 Å². The minimum absolute atomic E-state index is 0.0989. The quantitative estimate of drug-likeness (QED) is 0.560. The van der Waals surface area contributed by atoms with E-state index in [9.17, 15) is 18.0 Å². The normalized spacial score (nSPS) is 16.7. The van der Waals surface area contributed by atoms with Crippen LogP contribution in [0.2, 0.25) is 0 Å². The van der Waals surface area contributed by atoms with Crippen molar-refractivity contribution in [1.82, 2.24) is 14.9 Å². The Morgan fingerprint density at radius 3 is 2.47 bits per heavy atom. The van der Waals surface area contributed by atoms with Crippen LogP contribution in [0.5, 0.6) is 0 Å². The van der Waals surface area contributed by atoms with Gasteiger partial charge in [0.25, 0.3) is 0 Å². The number of aromatic nitrogens is 2. The van der Waals surface area contributed by atoms with Crippen molar-refractivity contribution in [3.8, 4) is 0 Å². The van der Waals surface area contributed by atoms with Crippen LogP contribution in [-0.2, 0) is 23.8 Å². The molecule has 1 aliphatic heterocycles. The van der Waals surface area contributed by atoms with E-state index in [1.807, 2.05) is 35.2 Å². The van der Waals surface area contributed by atoms with Crippen LogP contribution in [-0.4, -0.2) is 33.9 Å². The first kappa shape index (κ1) is 22.0. The molecule has 1 aliphatic rings. The van der Waals surface area contributed by atoms with Crippen LogP contribution in [0, 0.1) is 0 Å². The zero-order valence-electron chi connectivity index (χ0n) is 17.6. The Hall–Kier alpha value is -3.22. The van der Waals surface area contributed by atoms with Crippen molar-refractivity contribution in [2.45, 2.75) is 37.8 Å². The van der Waals surface area contributed by atoms with E-state index in [1.54, 1.807) is 12.4 Å². The molecule has 3 aromatic rings. The van der Waals surface area contributed by atoms with Crippen molar-refractivity contribution in [3.63, 3.8) is 0 Å². The lowest BCUT2D eigenvalue weighted by Gasteiger charge is -2.32. The summed E-state index contributed by atoms with van der Waals surface area (Å²) in [4.78, 5) is 23.4. The number of pyridine rings is 2. The van der Waals surface area contributed by atoms with E-state index >= 15 is 0 Å². The highest BCUT2D eigenvalue weighted by molar-refractivity contribution is 5.78. The topological polar surface area (TPSA) is 46.1 Å². The predicted octanol–water partition coefficient (Wildman–Crippen LogP) is 5.03. The number of benzene rings is 1. The lowest BCUT2D eigenvalue weighted by Crippen LogP contribution is -2.40. The van der Waals surface area contributed by atoms with Gasteiger partial charge in [-0.25, -0.2) is 0 Å². The predicted molar refractivity (Wildman–Crippen MR) is 115 cm³/mol. The van der Waals surface area contributed by atoms with E-state index in [0.29, 0.717) is 19.4 Å². The lowest BCUT2D eigenvalue weighted by atomic mass is 9.93. The van der Waals surface area contributed by atoms with Crippen molar-refractivity contribution >= 4 is 5.91 Å². The average molecular weight is 439 g/mol. The second-order valence-electron chi connectivity index (χ2n) is 8.14. The summed E-state index contributed by atoms with van der Waals surface area (Å²) in [5, 5.41) is 0. The number of rotatable bonds is 5. The Morgan fingerprint density at radius 1 is 1.00 bits per heavy atom. The van der Waals surface area contributed by atoms with Crippen LogP contribution in [0.1, 0.15) is 46.8 Å². The minimum Gasteiger partial charge on any atom is -0.342 e. The zero-order valence-corrected chi connectivity index (χ0v) is 17.6. The monoisotopic (exact) mass is 439 g/mol. The fourth-order valence-electron chi connectivity index (χ4n) is 4.08. The van der Waals surface area contributed by atoms with Gasteiger partial charge in [0.05, 0.1) is 12.0 Å².